The Hall–Kier alpha value is -4.44. The number of nitrogens with zero attached hydrogens (tertiary/aromatic N) is 1. The average Bonchev–Trinajstić information content (AvgIpc) is 2.99. The molecule has 2 aromatic carbocycles. The number of hydrogen-bond donors (Lipinski definition) is 5. The van der Waals surface area contributed by atoms with Crippen molar-refractivity contribution in [3.63, 3.8) is 0 Å². The van der Waals surface area contributed by atoms with E-state index < -0.39 is 53.2 Å². The van der Waals surface area contributed by atoms with Gasteiger partial charge in [-0.2, -0.15) is 0 Å². The van der Waals surface area contributed by atoms with Crippen LogP contribution in [-0.4, -0.2) is 64.6 Å². The van der Waals surface area contributed by atoms with Crippen molar-refractivity contribution in [2.45, 2.75) is 84.5 Å². The van der Waals surface area contributed by atoms with Crippen LogP contribution < -0.4 is 16.0 Å². The third-order valence-electron chi connectivity index (χ3n) is 8.04. The van der Waals surface area contributed by atoms with E-state index in [2.05, 4.69) is 41.7 Å². The monoisotopic (exact) mass is 632 g/mol. The number of aromatic nitrogens is 1. The van der Waals surface area contributed by atoms with Crippen LogP contribution in [0.5, 0.6) is 0 Å². The number of nitrogens with one attached hydrogen (secondary N) is 3. The molecule has 5 atom stereocenters. The van der Waals surface area contributed by atoms with Gasteiger partial charge in [0.25, 0.3) is 0 Å². The Morgan fingerprint density at radius 2 is 1.43 bits per heavy atom. The molecule has 10 heteroatoms. The molecule has 10 nitrogen and oxygen atoms in total. The predicted molar refractivity (Wildman–Crippen MR) is 178 cm³/mol. The van der Waals surface area contributed by atoms with Gasteiger partial charge >= 0.3 is 12.2 Å². The van der Waals surface area contributed by atoms with E-state index in [1.165, 1.54) is 7.11 Å². The number of pyridine rings is 1. The van der Waals surface area contributed by atoms with Crippen LogP contribution in [0.1, 0.15) is 65.0 Å². The van der Waals surface area contributed by atoms with E-state index in [9.17, 15) is 24.6 Å². The number of alkyl carbamates (subject to hydrolysis) is 1. The number of carbonyl (C=O) groups is 3. The lowest BCUT2D eigenvalue weighted by Crippen LogP contribution is -2.58. The van der Waals surface area contributed by atoms with E-state index in [1.807, 2.05) is 93.6 Å². The van der Waals surface area contributed by atoms with Crippen molar-refractivity contribution < 1.29 is 29.3 Å². The summed E-state index contributed by atoms with van der Waals surface area (Å²) in [5.41, 5.74) is 2.43. The number of amides is 3. The Bertz CT molecular complexity index is 1420. The predicted octanol–water partition coefficient (Wildman–Crippen LogP) is 5.76. The number of benzene rings is 2. The fraction of sp³-hybridized carbons (Fsp3) is 0.444. The van der Waals surface area contributed by atoms with Gasteiger partial charge in [0, 0.05) is 23.7 Å². The first kappa shape index (κ1) is 36.0. The van der Waals surface area contributed by atoms with Gasteiger partial charge in [0.2, 0.25) is 5.91 Å². The summed E-state index contributed by atoms with van der Waals surface area (Å²) in [4.78, 5) is 42.5. The second-order valence-electron chi connectivity index (χ2n) is 13.8. The molecule has 0 aliphatic heterocycles. The molecule has 5 N–H and O–H groups in total. The number of methoxy groups -OCH3 is 1. The van der Waals surface area contributed by atoms with Gasteiger partial charge in [0.15, 0.2) is 0 Å². The summed E-state index contributed by atoms with van der Waals surface area (Å²) in [7, 11) is 1.23. The van der Waals surface area contributed by atoms with Gasteiger partial charge in [-0.05, 0) is 46.9 Å². The summed E-state index contributed by atoms with van der Waals surface area (Å²) in [5.74, 6) is -0.773. The smallest absolute Gasteiger partial charge is 0.407 e. The zero-order valence-corrected chi connectivity index (χ0v) is 27.8. The molecule has 248 valence electrons. The van der Waals surface area contributed by atoms with E-state index in [0.717, 1.165) is 22.4 Å². The standard InChI is InChI=1S/C36H48N4O6/c1-35(2,3)30(25-18-16-24(17-19-25)26-15-11-12-20-37-26)28(38-32(42)31(36(4,5)6)40-34(45)46-7)22-29(41)27(39-33(43)44)21-23-13-9-8-10-14-23/h8-20,27-31,39,41H,21-22H2,1-7H3,(H,38,42)(H,40,45)(H,43,44)/t27-,28+,29-,30?,31+/m0/s1. The second-order valence-corrected chi connectivity index (χ2v) is 13.8. The lowest BCUT2D eigenvalue weighted by molar-refractivity contribution is -0.126. The molecule has 3 aromatic rings. The molecule has 3 amide bonds. The quantitative estimate of drug-likeness (QED) is 0.170. The van der Waals surface area contributed by atoms with Gasteiger partial charge in [0.1, 0.15) is 6.04 Å². The van der Waals surface area contributed by atoms with Crippen molar-refractivity contribution in [3.8, 4) is 11.3 Å². The Morgan fingerprint density at radius 1 is 0.804 bits per heavy atom. The van der Waals surface area contributed by atoms with Crippen LogP contribution in [0, 0.1) is 10.8 Å². The van der Waals surface area contributed by atoms with Gasteiger partial charge in [-0.1, -0.05) is 102 Å². The van der Waals surface area contributed by atoms with E-state index in [4.69, 9.17) is 4.74 Å². The Kier molecular flexibility index (Phi) is 12.3. The normalized spacial score (nSPS) is 15.0. The van der Waals surface area contributed by atoms with Gasteiger partial charge < -0.3 is 30.9 Å². The van der Waals surface area contributed by atoms with Gasteiger partial charge in [-0.25, -0.2) is 9.59 Å². The van der Waals surface area contributed by atoms with E-state index in [0.29, 0.717) is 0 Å². The first-order chi connectivity index (χ1) is 21.6. The number of rotatable bonds is 12. The van der Waals surface area contributed by atoms with Gasteiger partial charge in [0.05, 0.1) is 24.9 Å². The molecular formula is C36H48N4O6. The Balaban J connectivity index is 2.05. The van der Waals surface area contributed by atoms with Crippen LogP contribution in [0.2, 0.25) is 0 Å². The highest BCUT2D eigenvalue weighted by molar-refractivity contribution is 5.86. The zero-order valence-electron chi connectivity index (χ0n) is 27.8. The maximum absolute atomic E-state index is 14.0. The lowest BCUT2D eigenvalue weighted by atomic mass is 9.70. The number of carboxylic acid groups (broad SMARTS) is 1. The van der Waals surface area contributed by atoms with Crippen LogP contribution >= 0.6 is 0 Å². The van der Waals surface area contributed by atoms with Crippen molar-refractivity contribution in [2.75, 3.05) is 7.11 Å². The average molecular weight is 633 g/mol. The first-order valence-electron chi connectivity index (χ1n) is 15.5. The maximum Gasteiger partial charge on any atom is 0.407 e. The van der Waals surface area contributed by atoms with E-state index >= 15 is 0 Å². The molecule has 0 aliphatic rings. The summed E-state index contributed by atoms with van der Waals surface area (Å²) in [6.07, 6.45) is -1.14. The van der Waals surface area contributed by atoms with Crippen LogP contribution in [0.4, 0.5) is 9.59 Å². The number of ether oxygens (including phenoxy) is 1. The molecular weight excluding hydrogens is 584 g/mol. The van der Waals surface area contributed by atoms with Crippen molar-refractivity contribution >= 4 is 18.1 Å². The molecule has 1 aromatic heterocycles. The van der Waals surface area contributed by atoms with Crippen LogP contribution in [0.25, 0.3) is 11.3 Å². The fourth-order valence-corrected chi connectivity index (χ4v) is 5.86. The van der Waals surface area contributed by atoms with Crippen molar-refractivity contribution in [2.24, 2.45) is 10.8 Å². The van der Waals surface area contributed by atoms with Crippen molar-refractivity contribution in [1.29, 1.82) is 0 Å². The largest absolute Gasteiger partial charge is 0.465 e. The SMILES string of the molecule is COC(=O)N[C@H](C(=O)N[C@H](C[C@H](O)[C@H](Cc1ccccc1)NC(=O)O)C(c1ccc(-c2ccccn2)cc1)C(C)(C)C)C(C)(C)C. The lowest BCUT2D eigenvalue weighted by Gasteiger charge is -2.41. The van der Waals surface area contributed by atoms with E-state index in [1.54, 1.807) is 6.20 Å². The third kappa shape index (κ3) is 10.3. The molecule has 1 heterocycles. The fourth-order valence-electron chi connectivity index (χ4n) is 5.86. The Morgan fingerprint density at radius 3 is 1.96 bits per heavy atom. The number of hydrogen-bond acceptors (Lipinski definition) is 6. The summed E-state index contributed by atoms with van der Waals surface area (Å²) >= 11 is 0. The maximum atomic E-state index is 14.0. The highest BCUT2D eigenvalue weighted by Gasteiger charge is 2.40. The summed E-state index contributed by atoms with van der Waals surface area (Å²) in [6, 6.07) is 20.5. The van der Waals surface area contributed by atoms with Gasteiger partial charge in [-0.3, -0.25) is 9.78 Å². The molecule has 46 heavy (non-hydrogen) atoms. The minimum absolute atomic E-state index is 0.0303. The van der Waals surface area contributed by atoms with E-state index in [-0.39, 0.29) is 18.8 Å². The number of aliphatic hydroxyl groups excluding tert-OH is 1. The third-order valence-corrected chi connectivity index (χ3v) is 8.04. The molecule has 0 radical (unpaired) electrons. The molecule has 3 rings (SSSR count). The highest BCUT2D eigenvalue weighted by atomic mass is 16.5. The minimum Gasteiger partial charge on any atom is -0.465 e. The molecule has 1 unspecified atom stereocenters. The summed E-state index contributed by atoms with van der Waals surface area (Å²) in [5, 5.41) is 29.6. The molecule has 0 bridgehead atoms. The van der Waals surface area contributed by atoms with Crippen molar-refractivity contribution in [1.82, 2.24) is 20.9 Å². The summed E-state index contributed by atoms with van der Waals surface area (Å²) < 4.78 is 4.80. The Labute approximate surface area is 272 Å². The topological polar surface area (TPSA) is 150 Å². The molecule has 0 spiro atoms. The zero-order chi connectivity index (χ0) is 34.1. The van der Waals surface area contributed by atoms with Crippen molar-refractivity contribution in [3.05, 3.63) is 90.1 Å². The second kappa shape index (κ2) is 15.7. The van der Waals surface area contributed by atoms with Crippen LogP contribution in [0.3, 0.4) is 0 Å². The highest BCUT2D eigenvalue weighted by Crippen LogP contribution is 2.40. The van der Waals surface area contributed by atoms with Crippen LogP contribution in [-0.2, 0) is 16.0 Å². The molecule has 0 aliphatic carbocycles. The first-order valence-corrected chi connectivity index (χ1v) is 15.5. The van der Waals surface area contributed by atoms with Gasteiger partial charge in [-0.15, -0.1) is 0 Å². The minimum atomic E-state index is -1.26. The number of aliphatic hydroxyl groups is 1. The molecule has 0 saturated carbocycles. The van der Waals surface area contributed by atoms with Crippen LogP contribution in [0.15, 0.2) is 79.0 Å². The number of carbonyl (C=O) groups excluding carboxylic acids is 2. The molecule has 0 saturated heterocycles. The molecule has 0 fully saturated rings. The summed E-state index contributed by atoms with van der Waals surface area (Å²) in [6.45, 7) is 11.7.